The minimum Gasteiger partial charge on any atom is -0.341 e. The summed E-state index contributed by atoms with van der Waals surface area (Å²) >= 11 is 0. The van der Waals surface area contributed by atoms with E-state index in [9.17, 15) is 22.8 Å². The summed E-state index contributed by atoms with van der Waals surface area (Å²) in [5.41, 5.74) is -0.538. The van der Waals surface area contributed by atoms with Crippen LogP contribution in [0.2, 0.25) is 0 Å². The van der Waals surface area contributed by atoms with Crippen molar-refractivity contribution < 1.29 is 22.8 Å². The smallest absolute Gasteiger partial charge is 0.341 e. The van der Waals surface area contributed by atoms with Crippen LogP contribution in [0.4, 0.5) is 13.2 Å². The number of rotatable bonds is 2. The number of likely N-dealkylation sites (N-methyl/N-ethyl adjacent to an activating group) is 1. The molecule has 2 heterocycles. The SMILES string of the molecule is CCN1CCCN(C(=O)[C@H]2CCc3nc(C)nc(C(F)(F)F)c3C2)CC1=O. The Morgan fingerprint density at radius 1 is 1.26 bits per heavy atom. The Labute approximate surface area is 155 Å². The van der Waals surface area contributed by atoms with Crippen molar-refractivity contribution in [2.24, 2.45) is 5.92 Å². The molecule has 0 unspecified atom stereocenters. The van der Waals surface area contributed by atoms with E-state index in [2.05, 4.69) is 9.97 Å². The number of carbonyl (C=O) groups excluding carboxylic acids is 2. The van der Waals surface area contributed by atoms with Crippen LogP contribution in [0.25, 0.3) is 0 Å². The first-order valence-electron chi connectivity index (χ1n) is 9.20. The van der Waals surface area contributed by atoms with Crippen LogP contribution in [-0.2, 0) is 28.6 Å². The van der Waals surface area contributed by atoms with Gasteiger partial charge in [-0.25, -0.2) is 9.97 Å². The van der Waals surface area contributed by atoms with Crippen molar-refractivity contribution >= 4 is 11.8 Å². The first kappa shape index (κ1) is 19.6. The summed E-state index contributed by atoms with van der Waals surface area (Å²) in [5.74, 6) is -0.857. The molecule has 9 heteroatoms. The molecule has 2 amide bonds. The maximum Gasteiger partial charge on any atom is 0.433 e. The average molecular weight is 384 g/mol. The second-order valence-electron chi connectivity index (χ2n) is 7.07. The second-order valence-corrected chi connectivity index (χ2v) is 7.07. The average Bonchev–Trinajstić information content (AvgIpc) is 2.80. The highest BCUT2D eigenvalue weighted by molar-refractivity contribution is 5.86. The molecule has 1 atom stereocenters. The van der Waals surface area contributed by atoms with Crippen molar-refractivity contribution in [2.75, 3.05) is 26.2 Å². The van der Waals surface area contributed by atoms with Gasteiger partial charge in [-0.15, -0.1) is 0 Å². The fourth-order valence-corrected chi connectivity index (χ4v) is 3.88. The summed E-state index contributed by atoms with van der Waals surface area (Å²) in [6, 6.07) is 0. The monoisotopic (exact) mass is 384 g/mol. The Kier molecular flexibility index (Phi) is 5.39. The molecule has 27 heavy (non-hydrogen) atoms. The molecule has 0 N–H and O–H groups in total. The molecular weight excluding hydrogens is 361 g/mol. The molecule has 148 valence electrons. The zero-order chi connectivity index (χ0) is 19.8. The van der Waals surface area contributed by atoms with Crippen LogP contribution in [0.3, 0.4) is 0 Å². The first-order valence-corrected chi connectivity index (χ1v) is 9.20. The molecule has 1 aliphatic carbocycles. The zero-order valence-electron chi connectivity index (χ0n) is 15.5. The molecule has 3 rings (SSSR count). The second kappa shape index (κ2) is 7.44. The first-order chi connectivity index (χ1) is 12.7. The Balaban J connectivity index is 1.81. The molecule has 2 aliphatic rings. The lowest BCUT2D eigenvalue weighted by Crippen LogP contribution is -2.43. The van der Waals surface area contributed by atoms with Gasteiger partial charge < -0.3 is 9.80 Å². The summed E-state index contributed by atoms with van der Waals surface area (Å²) in [4.78, 5) is 36.1. The summed E-state index contributed by atoms with van der Waals surface area (Å²) < 4.78 is 40.2. The zero-order valence-corrected chi connectivity index (χ0v) is 15.5. The molecule has 0 aromatic carbocycles. The third-order valence-electron chi connectivity index (χ3n) is 5.23. The number of aryl methyl sites for hydroxylation is 2. The van der Waals surface area contributed by atoms with E-state index in [0.29, 0.717) is 44.6 Å². The highest BCUT2D eigenvalue weighted by atomic mass is 19.4. The lowest BCUT2D eigenvalue weighted by atomic mass is 9.84. The van der Waals surface area contributed by atoms with Crippen LogP contribution in [0.5, 0.6) is 0 Å². The van der Waals surface area contributed by atoms with E-state index in [0.717, 1.165) is 0 Å². The quantitative estimate of drug-likeness (QED) is 0.782. The van der Waals surface area contributed by atoms with Gasteiger partial charge in [-0.05, 0) is 39.5 Å². The number of aromatic nitrogens is 2. The number of hydrogen-bond donors (Lipinski definition) is 0. The van der Waals surface area contributed by atoms with Gasteiger partial charge in [0.25, 0.3) is 0 Å². The molecule has 0 saturated carbocycles. The largest absolute Gasteiger partial charge is 0.433 e. The molecule has 1 fully saturated rings. The number of hydrogen-bond acceptors (Lipinski definition) is 4. The van der Waals surface area contributed by atoms with Crippen molar-refractivity contribution in [1.29, 1.82) is 0 Å². The standard InChI is InChI=1S/C18H23F3N4O2/c1-3-24-7-4-8-25(10-15(24)26)17(27)12-5-6-14-13(9-12)16(18(19,20)21)23-11(2)22-14/h12H,3-10H2,1-2H3/t12-/m0/s1. The molecule has 0 spiro atoms. The lowest BCUT2D eigenvalue weighted by Gasteiger charge is -2.30. The molecule has 6 nitrogen and oxygen atoms in total. The summed E-state index contributed by atoms with van der Waals surface area (Å²) in [6.45, 7) is 4.94. The molecule has 1 aromatic heterocycles. The summed E-state index contributed by atoms with van der Waals surface area (Å²) in [7, 11) is 0. The van der Waals surface area contributed by atoms with Crippen LogP contribution in [0.1, 0.15) is 42.5 Å². The van der Waals surface area contributed by atoms with Gasteiger partial charge in [0.15, 0.2) is 5.69 Å². The minimum atomic E-state index is -4.58. The Hall–Kier alpha value is -2.19. The lowest BCUT2D eigenvalue weighted by molar-refractivity contribution is -0.144. The van der Waals surface area contributed by atoms with Crippen molar-refractivity contribution in [3.05, 3.63) is 22.8 Å². The summed E-state index contributed by atoms with van der Waals surface area (Å²) in [5, 5.41) is 0. The number of nitrogens with zero attached hydrogens (tertiary/aromatic N) is 4. The van der Waals surface area contributed by atoms with E-state index >= 15 is 0 Å². The van der Waals surface area contributed by atoms with E-state index in [1.807, 2.05) is 6.92 Å². The van der Waals surface area contributed by atoms with Crippen LogP contribution in [-0.4, -0.2) is 57.8 Å². The maximum absolute atomic E-state index is 13.4. The summed E-state index contributed by atoms with van der Waals surface area (Å²) in [6.07, 6.45) is -3.21. The minimum absolute atomic E-state index is 0.00738. The van der Waals surface area contributed by atoms with Crippen LogP contribution < -0.4 is 0 Å². The van der Waals surface area contributed by atoms with Gasteiger partial charge in [-0.1, -0.05) is 0 Å². The van der Waals surface area contributed by atoms with Gasteiger partial charge >= 0.3 is 6.18 Å². The topological polar surface area (TPSA) is 66.4 Å². The number of halogens is 3. The molecular formula is C18H23F3N4O2. The van der Waals surface area contributed by atoms with E-state index in [-0.39, 0.29) is 36.2 Å². The van der Waals surface area contributed by atoms with Gasteiger partial charge in [0.2, 0.25) is 11.8 Å². The Morgan fingerprint density at radius 3 is 2.67 bits per heavy atom. The van der Waals surface area contributed by atoms with Gasteiger partial charge in [0.1, 0.15) is 5.82 Å². The normalized spacial score (nSPS) is 21.1. The van der Waals surface area contributed by atoms with Gasteiger partial charge in [0, 0.05) is 36.8 Å². The molecule has 1 aromatic rings. The van der Waals surface area contributed by atoms with Crippen molar-refractivity contribution in [3.63, 3.8) is 0 Å². The third kappa shape index (κ3) is 4.06. The van der Waals surface area contributed by atoms with Gasteiger partial charge in [-0.3, -0.25) is 9.59 Å². The van der Waals surface area contributed by atoms with Crippen molar-refractivity contribution in [3.8, 4) is 0 Å². The van der Waals surface area contributed by atoms with E-state index < -0.39 is 17.8 Å². The number of fused-ring (bicyclic) bond motifs is 1. The Morgan fingerprint density at radius 2 is 2.00 bits per heavy atom. The van der Waals surface area contributed by atoms with E-state index in [1.54, 1.807) is 4.90 Å². The fraction of sp³-hybridized carbons (Fsp3) is 0.667. The number of carbonyl (C=O) groups is 2. The molecule has 1 saturated heterocycles. The molecule has 1 aliphatic heterocycles. The van der Waals surface area contributed by atoms with Gasteiger partial charge in [0.05, 0.1) is 6.54 Å². The fourth-order valence-electron chi connectivity index (χ4n) is 3.88. The molecule has 0 radical (unpaired) electrons. The predicted octanol–water partition coefficient (Wildman–Crippen LogP) is 1.99. The van der Waals surface area contributed by atoms with Crippen LogP contribution >= 0.6 is 0 Å². The Bertz CT molecular complexity index is 751. The van der Waals surface area contributed by atoms with Gasteiger partial charge in [-0.2, -0.15) is 13.2 Å². The van der Waals surface area contributed by atoms with Crippen molar-refractivity contribution in [2.45, 2.75) is 45.7 Å². The highest BCUT2D eigenvalue weighted by Crippen LogP contribution is 2.36. The van der Waals surface area contributed by atoms with E-state index in [1.165, 1.54) is 11.8 Å². The molecule has 0 bridgehead atoms. The maximum atomic E-state index is 13.4. The van der Waals surface area contributed by atoms with Crippen LogP contribution in [0, 0.1) is 12.8 Å². The number of alkyl halides is 3. The van der Waals surface area contributed by atoms with E-state index in [4.69, 9.17) is 0 Å². The predicted molar refractivity (Wildman–Crippen MR) is 90.7 cm³/mol. The number of amides is 2. The van der Waals surface area contributed by atoms with Crippen LogP contribution in [0.15, 0.2) is 0 Å². The van der Waals surface area contributed by atoms with Crippen molar-refractivity contribution in [1.82, 2.24) is 19.8 Å². The third-order valence-corrected chi connectivity index (χ3v) is 5.23. The highest BCUT2D eigenvalue weighted by Gasteiger charge is 2.40.